The Hall–Kier alpha value is -1.85. The number of ether oxygens (including phenoxy) is 3. The maximum Gasteiger partial charge on any atom is 0.306 e. The van der Waals surface area contributed by atoms with E-state index in [0.717, 1.165) is 64.2 Å². The van der Waals surface area contributed by atoms with Crippen LogP contribution in [0.1, 0.15) is 310 Å². The highest BCUT2D eigenvalue weighted by Crippen LogP contribution is 2.17. The first-order valence-electron chi connectivity index (χ1n) is 27.7. The lowest BCUT2D eigenvalue weighted by Crippen LogP contribution is -2.30. The molecule has 0 amide bonds. The van der Waals surface area contributed by atoms with E-state index in [4.69, 9.17) is 14.2 Å². The summed E-state index contributed by atoms with van der Waals surface area (Å²) >= 11 is 0. The van der Waals surface area contributed by atoms with Gasteiger partial charge in [0.1, 0.15) is 13.2 Å². The van der Waals surface area contributed by atoms with Gasteiger partial charge in [0.15, 0.2) is 6.10 Å². The van der Waals surface area contributed by atoms with E-state index in [1.54, 1.807) is 0 Å². The molecule has 6 nitrogen and oxygen atoms in total. The molecule has 0 aromatic carbocycles. The molecule has 366 valence electrons. The minimum atomic E-state index is -0.767. The standard InChI is InChI=1S/C56H106O6/c1-4-7-10-13-16-18-20-22-24-26-27-28-29-30-32-33-35-37-40-43-46-49-55(58)61-52-53(51-60-54(57)48-45-42-39-15-12-9-6-3)62-56(59)50-47-44-41-38-36-34-31-25-23-21-19-17-14-11-8-5-2/h25,31,53H,4-24,26-30,32-52H2,1-3H3/b31-25-. The van der Waals surface area contributed by atoms with E-state index in [1.165, 1.54) is 205 Å². The summed E-state index contributed by atoms with van der Waals surface area (Å²) in [5, 5.41) is 0. The molecule has 0 aliphatic heterocycles. The van der Waals surface area contributed by atoms with Gasteiger partial charge in [0.05, 0.1) is 0 Å². The molecule has 1 atom stereocenters. The van der Waals surface area contributed by atoms with Gasteiger partial charge in [-0.2, -0.15) is 0 Å². The summed E-state index contributed by atoms with van der Waals surface area (Å²) < 4.78 is 16.8. The zero-order valence-electron chi connectivity index (χ0n) is 41.9. The Bertz CT molecular complexity index is 962. The van der Waals surface area contributed by atoms with Gasteiger partial charge >= 0.3 is 17.9 Å². The van der Waals surface area contributed by atoms with Crippen LogP contribution in [-0.2, 0) is 28.6 Å². The number of carbonyl (C=O) groups excluding carboxylic acids is 3. The van der Waals surface area contributed by atoms with Gasteiger partial charge in [0.2, 0.25) is 0 Å². The van der Waals surface area contributed by atoms with Gasteiger partial charge < -0.3 is 14.2 Å². The molecule has 1 unspecified atom stereocenters. The lowest BCUT2D eigenvalue weighted by Gasteiger charge is -2.18. The summed E-state index contributed by atoms with van der Waals surface area (Å²) in [6, 6.07) is 0. The predicted molar refractivity (Wildman–Crippen MR) is 266 cm³/mol. The third-order valence-corrected chi connectivity index (χ3v) is 12.5. The van der Waals surface area contributed by atoms with E-state index in [2.05, 4.69) is 32.9 Å². The number of carbonyl (C=O) groups is 3. The Morgan fingerprint density at radius 1 is 0.306 bits per heavy atom. The van der Waals surface area contributed by atoms with Gasteiger partial charge in [0.25, 0.3) is 0 Å². The molecule has 0 saturated carbocycles. The van der Waals surface area contributed by atoms with E-state index in [1.807, 2.05) is 0 Å². The second-order valence-electron chi connectivity index (χ2n) is 18.9. The molecule has 0 spiro atoms. The summed E-state index contributed by atoms with van der Waals surface area (Å²) in [5.41, 5.74) is 0. The number of esters is 3. The molecule has 0 heterocycles. The third kappa shape index (κ3) is 49.2. The third-order valence-electron chi connectivity index (χ3n) is 12.5. The van der Waals surface area contributed by atoms with Crippen molar-refractivity contribution in [3.63, 3.8) is 0 Å². The summed E-state index contributed by atoms with van der Waals surface area (Å²) in [7, 11) is 0. The highest BCUT2D eigenvalue weighted by Gasteiger charge is 2.19. The summed E-state index contributed by atoms with van der Waals surface area (Å²) in [4.78, 5) is 37.9. The average molecular weight is 875 g/mol. The largest absolute Gasteiger partial charge is 0.462 e. The van der Waals surface area contributed by atoms with Crippen molar-refractivity contribution in [1.29, 1.82) is 0 Å². The molecule has 0 aliphatic carbocycles. The van der Waals surface area contributed by atoms with Gasteiger partial charge in [-0.05, 0) is 44.9 Å². The van der Waals surface area contributed by atoms with Crippen molar-refractivity contribution in [3.8, 4) is 0 Å². The fraction of sp³-hybridized carbons (Fsp3) is 0.911. The van der Waals surface area contributed by atoms with Gasteiger partial charge in [-0.25, -0.2) is 0 Å². The summed E-state index contributed by atoms with van der Waals surface area (Å²) in [6.07, 6.45) is 57.9. The van der Waals surface area contributed by atoms with Crippen molar-refractivity contribution in [2.75, 3.05) is 13.2 Å². The van der Waals surface area contributed by atoms with Crippen LogP contribution in [0.4, 0.5) is 0 Å². The molecular weight excluding hydrogens is 769 g/mol. The number of rotatable bonds is 51. The monoisotopic (exact) mass is 875 g/mol. The highest BCUT2D eigenvalue weighted by atomic mass is 16.6. The van der Waals surface area contributed by atoms with Gasteiger partial charge in [-0.15, -0.1) is 0 Å². The Morgan fingerprint density at radius 2 is 0.532 bits per heavy atom. The topological polar surface area (TPSA) is 78.9 Å². The highest BCUT2D eigenvalue weighted by molar-refractivity contribution is 5.71. The van der Waals surface area contributed by atoms with E-state index < -0.39 is 6.10 Å². The molecule has 0 aliphatic rings. The van der Waals surface area contributed by atoms with Gasteiger partial charge in [0, 0.05) is 19.3 Å². The predicted octanol–water partition coefficient (Wildman–Crippen LogP) is 18.2. The Kier molecular flexibility index (Phi) is 50.2. The van der Waals surface area contributed by atoms with E-state index >= 15 is 0 Å². The Labute approximate surface area is 386 Å². The van der Waals surface area contributed by atoms with Crippen molar-refractivity contribution in [1.82, 2.24) is 0 Å². The molecule has 0 aromatic rings. The summed E-state index contributed by atoms with van der Waals surface area (Å²) in [5.74, 6) is -0.865. The summed E-state index contributed by atoms with van der Waals surface area (Å²) in [6.45, 7) is 6.63. The molecule has 0 saturated heterocycles. The van der Waals surface area contributed by atoms with Crippen molar-refractivity contribution < 1.29 is 28.6 Å². The molecular formula is C56H106O6. The van der Waals surface area contributed by atoms with Crippen LogP contribution in [0.3, 0.4) is 0 Å². The quantitative estimate of drug-likeness (QED) is 0.0262. The minimum absolute atomic E-state index is 0.0684. The average Bonchev–Trinajstić information content (AvgIpc) is 3.27. The van der Waals surface area contributed by atoms with Crippen molar-refractivity contribution in [3.05, 3.63) is 12.2 Å². The van der Waals surface area contributed by atoms with Crippen molar-refractivity contribution in [2.45, 2.75) is 316 Å². The van der Waals surface area contributed by atoms with Crippen LogP contribution < -0.4 is 0 Å². The van der Waals surface area contributed by atoms with Crippen LogP contribution in [0.15, 0.2) is 12.2 Å². The smallest absolute Gasteiger partial charge is 0.306 e. The molecule has 62 heavy (non-hydrogen) atoms. The maximum atomic E-state index is 12.8. The van der Waals surface area contributed by atoms with E-state index in [9.17, 15) is 14.4 Å². The molecule has 0 rings (SSSR count). The zero-order valence-corrected chi connectivity index (χ0v) is 41.9. The molecule has 0 bridgehead atoms. The Balaban J connectivity index is 4.15. The molecule has 0 N–H and O–H groups in total. The SMILES string of the molecule is CCCCCCCCC/C=C\CCCCCCCC(=O)OC(COC(=O)CCCCCCCCC)COC(=O)CCCCCCCCCCCCCCCCCCCCCCC. The van der Waals surface area contributed by atoms with Crippen molar-refractivity contribution >= 4 is 17.9 Å². The number of unbranched alkanes of at least 4 members (excludes halogenated alkanes) is 38. The molecule has 0 aromatic heterocycles. The van der Waals surface area contributed by atoms with E-state index in [0.29, 0.717) is 19.3 Å². The van der Waals surface area contributed by atoms with Gasteiger partial charge in [-0.3, -0.25) is 14.4 Å². The van der Waals surface area contributed by atoms with Crippen LogP contribution in [0, 0.1) is 0 Å². The van der Waals surface area contributed by atoms with E-state index in [-0.39, 0.29) is 31.1 Å². The second-order valence-corrected chi connectivity index (χ2v) is 18.9. The van der Waals surface area contributed by atoms with Crippen LogP contribution in [0.25, 0.3) is 0 Å². The lowest BCUT2D eigenvalue weighted by molar-refractivity contribution is -0.167. The number of allylic oxidation sites excluding steroid dienone is 2. The minimum Gasteiger partial charge on any atom is -0.462 e. The normalized spacial score (nSPS) is 12.0. The first kappa shape index (κ1) is 60.2. The van der Waals surface area contributed by atoms with Crippen LogP contribution in [0.5, 0.6) is 0 Å². The van der Waals surface area contributed by atoms with Crippen LogP contribution in [0.2, 0.25) is 0 Å². The second kappa shape index (κ2) is 51.8. The Morgan fingerprint density at radius 3 is 0.806 bits per heavy atom. The van der Waals surface area contributed by atoms with Crippen LogP contribution >= 0.6 is 0 Å². The fourth-order valence-electron chi connectivity index (χ4n) is 8.32. The maximum absolute atomic E-state index is 12.8. The van der Waals surface area contributed by atoms with Crippen LogP contribution in [-0.4, -0.2) is 37.2 Å². The lowest BCUT2D eigenvalue weighted by atomic mass is 10.0. The number of hydrogen-bond acceptors (Lipinski definition) is 6. The van der Waals surface area contributed by atoms with Crippen molar-refractivity contribution in [2.24, 2.45) is 0 Å². The molecule has 6 heteroatoms. The first-order chi connectivity index (χ1) is 30.5. The molecule has 0 fully saturated rings. The fourth-order valence-corrected chi connectivity index (χ4v) is 8.32. The zero-order chi connectivity index (χ0) is 45.1. The number of hydrogen-bond donors (Lipinski definition) is 0. The molecule has 0 radical (unpaired) electrons. The van der Waals surface area contributed by atoms with Gasteiger partial charge in [-0.1, -0.05) is 258 Å². The first-order valence-corrected chi connectivity index (χ1v) is 27.7.